The maximum absolute atomic E-state index is 14.5. The SMILES string of the molecule is CCC(C)C(N=Cc1cccc(F)c1O)C(O)(c1cc(C(C)(C)C)c(OC)c(C(C)(C)C)c1)c1cc(C(C)(C)C)c(OC)c(C(C)(C)C)c1. The number of aliphatic hydroxyl groups is 1. The molecule has 0 fully saturated rings. The van der Waals surface area contributed by atoms with Crippen molar-refractivity contribution in [3.05, 3.63) is 87.2 Å². The van der Waals surface area contributed by atoms with Gasteiger partial charge in [-0.05, 0) is 75.1 Å². The van der Waals surface area contributed by atoms with E-state index in [-0.39, 0.29) is 33.1 Å². The second kappa shape index (κ2) is 14.1. The van der Waals surface area contributed by atoms with Crippen LogP contribution >= 0.6 is 0 Å². The predicted molar refractivity (Wildman–Crippen MR) is 203 cm³/mol. The van der Waals surface area contributed by atoms with E-state index in [0.29, 0.717) is 17.5 Å². The Hall–Kier alpha value is -3.38. The lowest BCUT2D eigenvalue weighted by Gasteiger charge is -2.42. The molecule has 0 bridgehead atoms. The summed E-state index contributed by atoms with van der Waals surface area (Å²) in [7, 11) is 3.41. The number of benzene rings is 3. The van der Waals surface area contributed by atoms with Gasteiger partial charge in [-0.15, -0.1) is 0 Å². The number of ether oxygens (including phenoxy) is 2. The molecule has 0 spiro atoms. The normalized spacial score (nSPS) is 14.7. The van der Waals surface area contributed by atoms with E-state index in [1.54, 1.807) is 26.4 Å². The van der Waals surface area contributed by atoms with E-state index in [2.05, 4.69) is 121 Å². The van der Waals surface area contributed by atoms with Gasteiger partial charge in [0.1, 0.15) is 17.1 Å². The molecule has 0 radical (unpaired) electrons. The van der Waals surface area contributed by atoms with Gasteiger partial charge in [0.25, 0.3) is 0 Å². The average Bonchev–Trinajstić information content (AvgIpc) is 2.99. The highest BCUT2D eigenvalue weighted by molar-refractivity contribution is 5.83. The third kappa shape index (κ3) is 8.17. The fourth-order valence-corrected chi connectivity index (χ4v) is 6.56. The molecule has 2 atom stereocenters. The molecule has 0 saturated carbocycles. The lowest BCUT2D eigenvalue weighted by Crippen LogP contribution is -2.44. The summed E-state index contributed by atoms with van der Waals surface area (Å²) in [6.45, 7) is 30.0. The molecule has 0 heterocycles. The van der Waals surface area contributed by atoms with E-state index in [0.717, 1.165) is 33.8 Å². The van der Waals surface area contributed by atoms with Crippen LogP contribution in [0.1, 0.15) is 142 Å². The molecule has 270 valence electrons. The maximum atomic E-state index is 14.5. The second-order valence-corrected chi connectivity index (χ2v) is 17.8. The van der Waals surface area contributed by atoms with Crippen molar-refractivity contribution in [1.82, 2.24) is 0 Å². The van der Waals surface area contributed by atoms with Crippen molar-refractivity contribution in [2.24, 2.45) is 10.9 Å². The van der Waals surface area contributed by atoms with Crippen molar-refractivity contribution in [1.29, 1.82) is 0 Å². The Morgan fingerprint density at radius 2 is 1.08 bits per heavy atom. The summed E-state index contributed by atoms with van der Waals surface area (Å²) in [5.41, 5.74) is 2.59. The van der Waals surface area contributed by atoms with Gasteiger partial charge in [0.15, 0.2) is 11.6 Å². The average molecular weight is 676 g/mol. The minimum atomic E-state index is -1.67. The van der Waals surface area contributed by atoms with Gasteiger partial charge in [0.05, 0.1) is 20.3 Å². The van der Waals surface area contributed by atoms with Crippen molar-refractivity contribution >= 4 is 6.21 Å². The van der Waals surface area contributed by atoms with E-state index in [1.165, 1.54) is 12.3 Å². The maximum Gasteiger partial charge on any atom is 0.165 e. The highest BCUT2D eigenvalue weighted by Gasteiger charge is 2.46. The molecule has 0 amide bonds. The Bertz CT molecular complexity index is 1510. The zero-order valence-corrected chi connectivity index (χ0v) is 33.0. The number of para-hydroxylation sites is 1. The van der Waals surface area contributed by atoms with Crippen LogP contribution in [0, 0.1) is 11.7 Å². The van der Waals surface area contributed by atoms with Crippen LogP contribution < -0.4 is 9.47 Å². The molecule has 0 aliphatic heterocycles. The van der Waals surface area contributed by atoms with Gasteiger partial charge in [-0.2, -0.15) is 0 Å². The highest BCUT2D eigenvalue weighted by atomic mass is 19.1. The standard InChI is InChI=1S/C43H62FNO4/c1-17-26(2)38(45-25-27-19-18-20-34(44)35(27)46)43(47,28-21-30(39(3,4)5)36(48-15)31(22-28)40(6,7)8)29-23-32(41(9,10)11)37(49-16)33(24-29)42(12,13)14/h18-26,38,46-47H,17H2,1-16H3. The molecule has 0 saturated heterocycles. The molecular formula is C43H62FNO4. The summed E-state index contributed by atoms with van der Waals surface area (Å²) in [4.78, 5) is 5.08. The van der Waals surface area contributed by atoms with Crippen LogP contribution in [-0.4, -0.2) is 36.7 Å². The van der Waals surface area contributed by atoms with Crippen LogP contribution in [0.5, 0.6) is 17.2 Å². The van der Waals surface area contributed by atoms with Crippen molar-refractivity contribution in [3.63, 3.8) is 0 Å². The summed E-state index contributed by atoms with van der Waals surface area (Å²) in [5, 5.41) is 24.5. The largest absolute Gasteiger partial charge is 0.504 e. The topological polar surface area (TPSA) is 71.3 Å². The number of phenolic OH excluding ortho intramolecular Hbond substituents is 1. The van der Waals surface area contributed by atoms with Crippen LogP contribution in [0.2, 0.25) is 0 Å². The number of rotatable bonds is 9. The zero-order valence-electron chi connectivity index (χ0n) is 33.0. The van der Waals surface area contributed by atoms with Crippen LogP contribution in [0.4, 0.5) is 4.39 Å². The van der Waals surface area contributed by atoms with Crippen molar-refractivity contribution in [3.8, 4) is 17.2 Å². The van der Waals surface area contributed by atoms with E-state index in [9.17, 15) is 14.6 Å². The summed E-state index contributed by atoms with van der Waals surface area (Å²) in [6, 6.07) is 12.0. The molecule has 0 aliphatic rings. The zero-order chi connectivity index (χ0) is 37.5. The Kier molecular flexibility index (Phi) is 11.5. The summed E-state index contributed by atoms with van der Waals surface area (Å²) < 4.78 is 26.7. The predicted octanol–water partition coefficient (Wildman–Crippen LogP) is 10.5. The molecular weight excluding hydrogens is 613 g/mol. The second-order valence-electron chi connectivity index (χ2n) is 17.8. The van der Waals surface area contributed by atoms with Gasteiger partial charge in [0, 0.05) is 34.0 Å². The first-order valence-corrected chi connectivity index (χ1v) is 17.5. The van der Waals surface area contributed by atoms with Gasteiger partial charge in [-0.1, -0.05) is 109 Å². The van der Waals surface area contributed by atoms with E-state index in [4.69, 9.17) is 14.5 Å². The smallest absolute Gasteiger partial charge is 0.165 e. The Labute approximate surface area is 296 Å². The molecule has 2 N–H and O–H groups in total. The molecule has 6 heteroatoms. The van der Waals surface area contributed by atoms with Crippen LogP contribution in [-0.2, 0) is 27.3 Å². The number of methoxy groups -OCH3 is 2. The number of hydrogen-bond donors (Lipinski definition) is 2. The van der Waals surface area contributed by atoms with Crippen molar-refractivity contribution < 1.29 is 24.1 Å². The Balaban J connectivity index is 2.69. The minimum Gasteiger partial charge on any atom is -0.504 e. The fourth-order valence-electron chi connectivity index (χ4n) is 6.56. The first-order valence-electron chi connectivity index (χ1n) is 17.5. The van der Waals surface area contributed by atoms with Gasteiger partial charge in [-0.3, -0.25) is 4.99 Å². The molecule has 3 aromatic carbocycles. The number of nitrogens with zero attached hydrogens (tertiary/aromatic N) is 1. The third-order valence-corrected chi connectivity index (χ3v) is 9.70. The van der Waals surface area contributed by atoms with Crippen LogP contribution in [0.25, 0.3) is 0 Å². The third-order valence-electron chi connectivity index (χ3n) is 9.70. The van der Waals surface area contributed by atoms with Crippen LogP contribution in [0.15, 0.2) is 47.5 Å². The molecule has 0 aliphatic carbocycles. The molecule has 49 heavy (non-hydrogen) atoms. The Morgan fingerprint density at radius 3 is 1.39 bits per heavy atom. The van der Waals surface area contributed by atoms with Gasteiger partial charge >= 0.3 is 0 Å². The van der Waals surface area contributed by atoms with E-state index in [1.807, 2.05) is 0 Å². The number of hydrogen-bond acceptors (Lipinski definition) is 5. The number of phenols is 1. The van der Waals surface area contributed by atoms with Gasteiger partial charge < -0.3 is 19.7 Å². The monoisotopic (exact) mass is 675 g/mol. The molecule has 5 nitrogen and oxygen atoms in total. The fraction of sp³-hybridized carbons (Fsp3) is 0.558. The van der Waals surface area contributed by atoms with E-state index < -0.39 is 23.2 Å². The van der Waals surface area contributed by atoms with Gasteiger partial charge in [-0.25, -0.2) is 4.39 Å². The quantitative estimate of drug-likeness (QED) is 0.222. The lowest BCUT2D eigenvalue weighted by atomic mass is 9.68. The van der Waals surface area contributed by atoms with Crippen molar-refractivity contribution in [2.45, 2.75) is 137 Å². The minimum absolute atomic E-state index is 0.131. The lowest BCUT2D eigenvalue weighted by molar-refractivity contribution is 0.0324. The summed E-state index contributed by atoms with van der Waals surface area (Å²) in [5.74, 6) is 0.286. The molecule has 3 aromatic rings. The molecule has 0 aromatic heterocycles. The number of halogens is 1. The van der Waals surface area contributed by atoms with Crippen LogP contribution in [0.3, 0.4) is 0 Å². The van der Waals surface area contributed by atoms with Crippen molar-refractivity contribution in [2.75, 3.05) is 14.2 Å². The summed E-state index contributed by atoms with van der Waals surface area (Å²) >= 11 is 0. The molecule has 2 unspecified atom stereocenters. The first kappa shape index (κ1) is 40.1. The summed E-state index contributed by atoms with van der Waals surface area (Å²) in [6.07, 6.45) is 2.21. The Morgan fingerprint density at radius 1 is 0.714 bits per heavy atom. The highest BCUT2D eigenvalue weighted by Crippen LogP contribution is 2.49. The number of aliphatic imine (C=N–C) groups is 1. The molecule has 3 rings (SSSR count). The number of aromatic hydroxyl groups is 1. The van der Waals surface area contributed by atoms with Gasteiger partial charge in [0.2, 0.25) is 0 Å². The van der Waals surface area contributed by atoms with E-state index >= 15 is 0 Å². The first-order chi connectivity index (χ1) is 22.3.